The molecule has 0 bridgehead atoms. The molecule has 2 rings (SSSR count). The zero-order valence-corrected chi connectivity index (χ0v) is 16.5. The molecule has 27 heavy (non-hydrogen) atoms. The molecule has 0 aliphatic carbocycles. The van der Waals surface area contributed by atoms with E-state index in [1.54, 1.807) is 26.8 Å². The van der Waals surface area contributed by atoms with Gasteiger partial charge in [-0.1, -0.05) is 23.2 Å². The molecule has 144 valence electrons. The Hall–Kier alpha value is -2.51. The number of hydrogen-bond donors (Lipinski definition) is 2. The lowest BCUT2D eigenvalue weighted by molar-refractivity contribution is -0.119. The van der Waals surface area contributed by atoms with Gasteiger partial charge in [-0.25, -0.2) is 9.59 Å². The van der Waals surface area contributed by atoms with Crippen molar-refractivity contribution in [1.82, 2.24) is 4.98 Å². The molecule has 0 saturated heterocycles. The summed E-state index contributed by atoms with van der Waals surface area (Å²) in [6.45, 7) is 4.60. The number of H-pyrrole nitrogens is 1. The summed E-state index contributed by atoms with van der Waals surface area (Å²) in [5, 5.41) is 3.22. The first-order valence-electron chi connectivity index (χ1n) is 8.02. The van der Waals surface area contributed by atoms with Gasteiger partial charge in [0.05, 0.1) is 22.9 Å². The normalized spacial score (nSPS) is 10.4. The van der Waals surface area contributed by atoms with E-state index in [-0.39, 0.29) is 22.9 Å². The quantitative estimate of drug-likeness (QED) is 0.700. The fourth-order valence-electron chi connectivity index (χ4n) is 2.44. The molecular weight excluding hydrogens is 395 g/mol. The first-order valence-corrected chi connectivity index (χ1v) is 8.78. The molecule has 0 aliphatic rings. The van der Waals surface area contributed by atoms with Gasteiger partial charge in [0.15, 0.2) is 6.61 Å². The molecule has 0 atom stereocenters. The molecule has 1 aromatic carbocycles. The number of rotatable bonds is 6. The van der Waals surface area contributed by atoms with Crippen molar-refractivity contribution in [2.45, 2.75) is 20.8 Å². The highest BCUT2D eigenvalue weighted by Crippen LogP contribution is 2.25. The van der Waals surface area contributed by atoms with Crippen LogP contribution in [-0.2, 0) is 14.3 Å². The lowest BCUT2D eigenvalue weighted by Gasteiger charge is -2.09. The van der Waals surface area contributed by atoms with Gasteiger partial charge in [-0.2, -0.15) is 0 Å². The number of anilines is 1. The van der Waals surface area contributed by atoms with Crippen molar-refractivity contribution in [2.75, 3.05) is 18.5 Å². The van der Waals surface area contributed by atoms with Crippen molar-refractivity contribution in [1.29, 1.82) is 0 Å². The van der Waals surface area contributed by atoms with Gasteiger partial charge in [-0.05, 0) is 44.5 Å². The second-order valence-electron chi connectivity index (χ2n) is 5.59. The predicted molar refractivity (Wildman–Crippen MR) is 102 cm³/mol. The molecule has 0 radical (unpaired) electrons. The third-order valence-corrected chi connectivity index (χ3v) is 4.21. The number of aromatic amines is 1. The summed E-state index contributed by atoms with van der Waals surface area (Å²) in [7, 11) is 0. The minimum absolute atomic E-state index is 0.179. The monoisotopic (exact) mass is 412 g/mol. The third kappa shape index (κ3) is 5.02. The van der Waals surface area contributed by atoms with E-state index in [0.717, 1.165) is 0 Å². The van der Waals surface area contributed by atoms with E-state index in [1.807, 2.05) is 0 Å². The maximum atomic E-state index is 12.3. The molecule has 0 fully saturated rings. The molecular formula is C18H18Cl2N2O5. The fourth-order valence-corrected chi connectivity index (χ4v) is 2.90. The number of ether oxygens (including phenoxy) is 2. The number of nitrogens with one attached hydrogen (secondary N) is 2. The van der Waals surface area contributed by atoms with E-state index in [0.29, 0.717) is 22.0 Å². The van der Waals surface area contributed by atoms with Gasteiger partial charge in [-0.15, -0.1) is 0 Å². The van der Waals surface area contributed by atoms with Crippen molar-refractivity contribution in [2.24, 2.45) is 0 Å². The molecule has 9 heteroatoms. The lowest BCUT2D eigenvalue weighted by Crippen LogP contribution is -2.21. The summed E-state index contributed by atoms with van der Waals surface area (Å²) in [4.78, 5) is 39.0. The van der Waals surface area contributed by atoms with Gasteiger partial charge < -0.3 is 19.8 Å². The molecule has 1 heterocycles. The van der Waals surface area contributed by atoms with Crippen molar-refractivity contribution in [3.05, 3.63) is 50.8 Å². The minimum Gasteiger partial charge on any atom is -0.461 e. The number of halogens is 2. The molecule has 0 saturated carbocycles. The van der Waals surface area contributed by atoms with Crippen molar-refractivity contribution >= 4 is 46.7 Å². The van der Waals surface area contributed by atoms with Crippen molar-refractivity contribution < 1.29 is 23.9 Å². The number of amides is 1. The number of esters is 2. The predicted octanol–water partition coefficient (Wildman–Crippen LogP) is 3.91. The molecule has 0 unspecified atom stereocenters. The van der Waals surface area contributed by atoms with Crippen molar-refractivity contribution in [3.63, 3.8) is 0 Å². The van der Waals surface area contributed by atoms with Crippen molar-refractivity contribution in [3.8, 4) is 0 Å². The van der Waals surface area contributed by atoms with E-state index in [4.69, 9.17) is 32.7 Å². The van der Waals surface area contributed by atoms with E-state index in [2.05, 4.69) is 10.3 Å². The lowest BCUT2D eigenvalue weighted by atomic mass is 10.1. The first kappa shape index (κ1) is 20.8. The average Bonchev–Trinajstić information content (AvgIpc) is 2.90. The Labute approximate surface area is 165 Å². The Morgan fingerprint density at radius 1 is 1.11 bits per heavy atom. The average molecular weight is 413 g/mol. The Morgan fingerprint density at radius 2 is 1.81 bits per heavy atom. The first-order chi connectivity index (χ1) is 12.7. The van der Waals surface area contributed by atoms with Crippen LogP contribution in [0.3, 0.4) is 0 Å². The summed E-state index contributed by atoms with van der Waals surface area (Å²) in [6, 6.07) is 4.59. The Balaban J connectivity index is 2.03. The Morgan fingerprint density at radius 3 is 2.44 bits per heavy atom. The SMILES string of the molecule is CCOC(=O)c1[nH]c(C)c(C(=O)OCC(=O)Nc2ccc(Cl)cc2Cl)c1C. The summed E-state index contributed by atoms with van der Waals surface area (Å²) < 4.78 is 9.98. The molecule has 7 nitrogen and oxygen atoms in total. The number of hydrogen-bond acceptors (Lipinski definition) is 5. The summed E-state index contributed by atoms with van der Waals surface area (Å²) in [5.74, 6) is -1.86. The second kappa shape index (κ2) is 8.92. The molecule has 1 aromatic heterocycles. The zero-order valence-electron chi connectivity index (χ0n) is 14.9. The standard InChI is InChI=1S/C18H18Cl2N2O5/c1-4-26-18(25)16-9(2)15(10(3)21-16)17(24)27-8-14(23)22-13-6-5-11(19)7-12(13)20/h5-7,21H,4,8H2,1-3H3,(H,22,23). The Bertz CT molecular complexity index is 892. The summed E-state index contributed by atoms with van der Waals surface area (Å²) in [6.07, 6.45) is 0. The molecule has 1 amide bonds. The van der Waals surface area contributed by atoms with Gasteiger partial charge in [0.1, 0.15) is 5.69 Å². The maximum Gasteiger partial charge on any atom is 0.355 e. The molecule has 0 spiro atoms. The fraction of sp³-hybridized carbons (Fsp3) is 0.278. The van der Waals surface area contributed by atoms with Crippen LogP contribution in [0.2, 0.25) is 10.0 Å². The van der Waals surface area contributed by atoms with Crippen LogP contribution in [0, 0.1) is 13.8 Å². The highest BCUT2D eigenvalue weighted by molar-refractivity contribution is 6.36. The third-order valence-electron chi connectivity index (χ3n) is 3.66. The van der Waals surface area contributed by atoms with Crippen LogP contribution in [0.1, 0.15) is 39.0 Å². The van der Waals surface area contributed by atoms with E-state index in [1.165, 1.54) is 12.1 Å². The minimum atomic E-state index is -0.728. The molecule has 0 aliphatic heterocycles. The van der Waals surface area contributed by atoms with Gasteiger partial charge in [0.2, 0.25) is 0 Å². The van der Waals surface area contributed by atoms with Crippen LogP contribution in [0.25, 0.3) is 0 Å². The summed E-state index contributed by atoms with van der Waals surface area (Å²) in [5.41, 5.74) is 1.56. The number of benzene rings is 1. The van der Waals surface area contributed by atoms with Gasteiger partial charge >= 0.3 is 11.9 Å². The van der Waals surface area contributed by atoms with Crippen LogP contribution in [0.4, 0.5) is 5.69 Å². The second-order valence-corrected chi connectivity index (χ2v) is 6.44. The van der Waals surface area contributed by atoms with E-state index >= 15 is 0 Å². The number of carbonyl (C=O) groups is 3. The van der Waals surface area contributed by atoms with Crippen LogP contribution >= 0.6 is 23.2 Å². The van der Waals surface area contributed by atoms with Gasteiger partial charge in [0, 0.05) is 10.7 Å². The highest BCUT2D eigenvalue weighted by Gasteiger charge is 2.24. The zero-order chi connectivity index (χ0) is 20.1. The molecule has 2 aromatic rings. The van der Waals surface area contributed by atoms with Gasteiger partial charge in [0.25, 0.3) is 5.91 Å². The van der Waals surface area contributed by atoms with Crippen LogP contribution in [0.15, 0.2) is 18.2 Å². The Kier molecular flexibility index (Phi) is 6.87. The van der Waals surface area contributed by atoms with Gasteiger partial charge in [-0.3, -0.25) is 4.79 Å². The van der Waals surface area contributed by atoms with E-state index < -0.39 is 24.5 Å². The van der Waals surface area contributed by atoms with Crippen LogP contribution < -0.4 is 5.32 Å². The van der Waals surface area contributed by atoms with E-state index in [9.17, 15) is 14.4 Å². The molecule has 2 N–H and O–H groups in total. The number of aromatic nitrogens is 1. The number of aryl methyl sites for hydroxylation is 1. The maximum absolute atomic E-state index is 12.3. The van der Waals surface area contributed by atoms with Crippen LogP contribution in [0.5, 0.6) is 0 Å². The highest BCUT2D eigenvalue weighted by atomic mass is 35.5. The largest absolute Gasteiger partial charge is 0.461 e. The van der Waals surface area contributed by atoms with Crippen LogP contribution in [-0.4, -0.2) is 36.0 Å². The summed E-state index contributed by atoms with van der Waals surface area (Å²) >= 11 is 11.8. The number of carbonyl (C=O) groups excluding carboxylic acids is 3. The smallest absolute Gasteiger partial charge is 0.355 e. The topological polar surface area (TPSA) is 97.5 Å².